The number of aromatic nitrogens is 2. The SMILES string of the molecule is CC1(C)C(N)=N[C@](C)(c2nc(CC(=O)c3ccc(OCC(F)(F)C(F)F)cn3)ccc2F)[C@@H]2CCN=[S@]21=O. The topological polar surface area (TPSA) is 120 Å². The fraction of sp³-hybridized carbons (Fsp3) is 0.500. The minimum absolute atomic E-state index is 0.0730. The summed E-state index contributed by atoms with van der Waals surface area (Å²) in [4.78, 5) is 25.6. The summed E-state index contributed by atoms with van der Waals surface area (Å²) < 4.78 is 87.6. The molecule has 2 aromatic rings. The van der Waals surface area contributed by atoms with Gasteiger partial charge in [0.2, 0.25) is 0 Å². The average molecular weight is 560 g/mol. The molecule has 0 fully saturated rings. The molecule has 0 saturated heterocycles. The van der Waals surface area contributed by atoms with E-state index in [-0.39, 0.29) is 35.1 Å². The standard InChI is InChI=1S/C24H26F5N5O3S/c1-22(2)21(30)34-23(3,18-8-9-32-38(18,22)36)19-15(25)6-4-13(33-19)10-17(35)16-7-5-14(11-31-16)37-12-24(28,29)20(26)27/h4-7,11,18,20H,8-10,12H2,1-3H3,(H2,30,34)/t18-,23-,38-/m0/s1. The van der Waals surface area contributed by atoms with Crippen molar-refractivity contribution in [1.29, 1.82) is 0 Å². The molecule has 0 saturated carbocycles. The smallest absolute Gasteiger partial charge is 0.340 e. The van der Waals surface area contributed by atoms with Crippen LogP contribution in [0.1, 0.15) is 49.1 Å². The fourth-order valence-electron chi connectivity index (χ4n) is 4.54. The highest BCUT2D eigenvalue weighted by Gasteiger charge is 2.57. The number of halogens is 5. The molecule has 206 valence electrons. The van der Waals surface area contributed by atoms with Gasteiger partial charge in [-0.05, 0) is 51.5 Å². The van der Waals surface area contributed by atoms with Gasteiger partial charge in [0.05, 0.1) is 27.6 Å². The number of nitrogens with zero attached hydrogens (tertiary/aromatic N) is 4. The summed E-state index contributed by atoms with van der Waals surface area (Å²) in [6.07, 6.45) is -2.82. The van der Waals surface area contributed by atoms with Gasteiger partial charge in [0.15, 0.2) is 12.4 Å². The third-order valence-corrected chi connectivity index (χ3v) is 10.6. The minimum atomic E-state index is -4.33. The summed E-state index contributed by atoms with van der Waals surface area (Å²) in [5.41, 5.74) is 4.82. The minimum Gasteiger partial charge on any atom is -0.485 e. The number of Topliss-reactive ketones (excluding diaryl/α,β-unsaturated/α-hetero) is 1. The number of rotatable bonds is 8. The average Bonchev–Trinajstić information content (AvgIpc) is 3.28. The Bertz CT molecular complexity index is 1410. The molecule has 4 heterocycles. The number of fused-ring (bicyclic) bond motifs is 1. The molecule has 0 unspecified atom stereocenters. The second-order valence-electron chi connectivity index (χ2n) is 9.82. The van der Waals surface area contributed by atoms with Gasteiger partial charge in [-0.1, -0.05) is 0 Å². The molecule has 0 amide bonds. The van der Waals surface area contributed by atoms with E-state index in [4.69, 9.17) is 5.73 Å². The van der Waals surface area contributed by atoms with E-state index in [1.165, 1.54) is 12.1 Å². The lowest BCUT2D eigenvalue weighted by molar-refractivity contribution is -0.148. The van der Waals surface area contributed by atoms with Crippen LogP contribution in [-0.4, -0.2) is 61.3 Å². The molecule has 2 aliphatic heterocycles. The van der Waals surface area contributed by atoms with E-state index in [0.717, 1.165) is 18.3 Å². The van der Waals surface area contributed by atoms with E-state index in [0.29, 0.717) is 13.0 Å². The first-order valence-corrected chi connectivity index (χ1v) is 13.2. The van der Waals surface area contributed by atoms with E-state index in [1.54, 1.807) is 20.8 Å². The largest absolute Gasteiger partial charge is 0.485 e. The van der Waals surface area contributed by atoms with Crippen LogP contribution in [0, 0.1) is 5.82 Å². The highest BCUT2D eigenvalue weighted by Crippen LogP contribution is 2.47. The van der Waals surface area contributed by atoms with Crippen molar-refractivity contribution in [2.45, 2.75) is 61.5 Å². The molecule has 2 N–H and O–H groups in total. The number of aliphatic imine (C=N–C) groups is 1. The zero-order valence-corrected chi connectivity index (χ0v) is 21.6. The number of amidine groups is 1. The van der Waals surface area contributed by atoms with Gasteiger partial charge in [-0.25, -0.2) is 26.7 Å². The third kappa shape index (κ3) is 4.63. The summed E-state index contributed by atoms with van der Waals surface area (Å²) >= 11 is 0. The number of carbonyl (C=O) groups excluding carboxylic acids is 1. The third-order valence-electron chi connectivity index (χ3n) is 6.89. The number of ketones is 1. The number of alkyl halides is 4. The first-order valence-electron chi connectivity index (χ1n) is 11.6. The van der Waals surface area contributed by atoms with Gasteiger partial charge in [0, 0.05) is 12.2 Å². The molecule has 2 aliphatic rings. The van der Waals surface area contributed by atoms with Gasteiger partial charge in [-0.2, -0.15) is 8.78 Å². The van der Waals surface area contributed by atoms with Crippen molar-refractivity contribution >= 4 is 21.3 Å². The first-order chi connectivity index (χ1) is 17.6. The zero-order chi connectivity index (χ0) is 28.1. The highest BCUT2D eigenvalue weighted by atomic mass is 32.2. The summed E-state index contributed by atoms with van der Waals surface area (Å²) in [5, 5.41) is -0.642. The van der Waals surface area contributed by atoms with E-state index >= 15 is 4.39 Å². The Morgan fingerprint density at radius 1 is 1.24 bits per heavy atom. The van der Waals surface area contributed by atoms with Crippen molar-refractivity contribution < 1.29 is 35.7 Å². The van der Waals surface area contributed by atoms with Gasteiger partial charge < -0.3 is 10.5 Å². The van der Waals surface area contributed by atoms with E-state index < -0.39 is 55.8 Å². The number of hydrogen-bond acceptors (Lipinski definition) is 8. The van der Waals surface area contributed by atoms with Crippen LogP contribution in [0.25, 0.3) is 0 Å². The maximum atomic E-state index is 15.1. The fourth-order valence-corrected chi connectivity index (χ4v) is 7.69. The Labute approximate surface area is 216 Å². The van der Waals surface area contributed by atoms with Gasteiger partial charge in [-0.15, -0.1) is 0 Å². The zero-order valence-electron chi connectivity index (χ0n) is 20.8. The molecular formula is C24H26F5N5O3S. The number of pyridine rings is 2. The lowest BCUT2D eigenvalue weighted by Crippen LogP contribution is -2.58. The molecule has 4 rings (SSSR count). The van der Waals surface area contributed by atoms with E-state index in [1.807, 2.05) is 0 Å². The Hall–Kier alpha value is -3.16. The predicted molar refractivity (Wildman–Crippen MR) is 130 cm³/mol. The second kappa shape index (κ2) is 9.54. The Morgan fingerprint density at radius 2 is 1.95 bits per heavy atom. The first kappa shape index (κ1) is 27.9. The van der Waals surface area contributed by atoms with E-state index in [2.05, 4.69) is 24.1 Å². The van der Waals surface area contributed by atoms with Crippen LogP contribution in [0.2, 0.25) is 0 Å². The van der Waals surface area contributed by atoms with Crippen molar-refractivity contribution in [3.8, 4) is 5.75 Å². The second-order valence-corrected chi connectivity index (χ2v) is 12.8. The molecule has 38 heavy (non-hydrogen) atoms. The maximum Gasteiger partial charge on any atom is 0.340 e. The molecule has 0 aromatic carbocycles. The van der Waals surface area contributed by atoms with Crippen molar-refractivity contribution in [2.75, 3.05) is 13.2 Å². The van der Waals surface area contributed by atoms with E-state index in [9.17, 15) is 26.6 Å². The number of nitrogens with two attached hydrogens (primary N) is 1. The number of hydrogen-bond donors (Lipinski definition) is 1. The molecule has 14 heteroatoms. The molecule has 3 atom stereocenters. The Balaban J connectivity index is 1.57. The molecule has 2 aromatic heterocycles. The van der Waals surface area contributed by atoms with Crippen LogP contribution >= 0.6 is 0 Å². The van der Waals surface area contributed by atoms with Gasteiger partial charge >= 0.3 is 12.3 Å². The molecule has 8 nitrogen and oxygen atoms in total. The molecule has 0 aliphatic carbocycles. The normalized spacial score (nSPS) is 26.4. The monoisotopic (exact) mass is 559 g/mol. The van der Waals surface area contributed by atoms with Crippen LogP contribution < -0.4 is 10.5 Å². The summed E-state index contributed by atoms with van der Waals surface area (Å²) in [7, 11) is -2.91. The number of ether oxygens (including phenoxy) is 1. The van der Waals surface area contributed by atoms with Crippen molar-refractivity contribution in [3.05, 3.63) is 53.4 Å². The van der Waals surface area contributed by atoms with Crippen LogP contribution in [0.4, 0.5) is 22.0 Å². The lowest BCUT2D eigenvalue weighted by Gasteiger charge is -2.44. The molecule has 0 spiro atoms. The quantitative estimate of drug-likeness (QED) is 0.387. The molecule has 0 radical (unpaired) electrons. The van der Waals surface area contributed by atoms with Crippen LogP contribution in [0.3, 0.4) is 0 Å². The Morgan fingerprint density at radius 3 is 2.58 bits per heavy atom. The maximum absolute atomic E-state index is 15.1. The molecular weight excluding hydrogens is 533 g/mol. The Kier molecular flexibility index (Phi) is 7.00. The van der Waals surface area contributed by atoms with Gasteiger partial charge in [-0.3, -0.25) is 14.8 Å². The number of carbonyl (C=O) groups is 1. The highest BCUT2D eigenvalue weighted by molar-refractivity contribution is 7.96. The summed E-state index contributed by atoms with van der Waals surface area (Å²) in [5.74, 6) is -5.71. The lowest BCUT2D eigenvalue weighted by atomic mass is 9.89. The van der Waals surface area contributed by atoms with Gasteiger partial charge in [0.25, 0.3) is 0 Å². The van der Waals surface area contributed by atoms with Crippen molar-refractivity contribution in [3.63, 3.8) is 0 Å². The van der Waals surface area contributed by atoms with Crippen LogP contribution in [0.5, 0.6) is 5.75 Å². The molecule has 0 bridgehead atoms. The summed E-state index contributed by atoms with van der Waals surface area (Å²) in [6.45, 7) is 3.76. The summed E-state index contributed by atoms with van der Waals surface area (Å²) in [6, 6.07) is 4.80. The van der Waals surface area contributed by atoms with Crippen LogP contribution in [-0.2, 0) is 21.7 Å². The van der Waals surface area contributed by atoms with Crippen molar-refractivity contribution in [2.24, 2.45) is 15.1 Å². The van der Waals surface area contributed by atoms with Crippen LogP contribution in [0.15, 0.2) is 39.8 Å². The van der Waals surface area contributed by atoms with Crippen molar-refractivity contribution in [1.82, 2.24) is 9.97 Å². The predicted octanol–water partition coefficient (Wildman–Crippen LogP) is 3.93. The van der Waals surface area contributed by atoms with Gasteiger partial charge in [0.1, 0.15) is 39.1 Å².